The number of rotatable bonds is 2. The second-order valence-corrected chi connectivity index (χ2v) is 11.7. The zero-order valence-corrected chi connectivity index (χ0v) is 15.9. The Labute approximate surface area is 140 Å². The maximum atomic E-state index is 4.95. The van der Waals surface area contributed by atoms with Gasteiger partial charge in [-0.2, -0.15) is 31.4 Å². The molecular weight excluding hydrogens is 351 g/mol. The second kappa shape index (κ2) is 11.9. The van der Waals surface area contributed by atoms with Gasteiger partial charge in [-0.15, -0.1) is 36.2 Å². The van der Waals surface area contributed by atoms with E-state index >= 15 is 0 Å². The zero-order valence-electron chi connectivity index (χ0n) is 12.3. The maximum Gasteiger partial charge on any atom is -0.0809 e. The minimum absolute atomic E-state index is 1.11. The molecule has 0 aliphatic carbocycles. The van der Waals surface area contributed by atoms with Crippen LogP contribution in [0.25, 0.3) is 10.8 Å². The molecule has 2 aromatic carbocycles. The molecule has 5 heteroatoms. The number of hydrogen-bond donors (Lipinski definition) is 0. The first kappa shape index (κ1) is 20.2. The zero-order chi connectivity index (χ0) is 15.5. The molecule has 0 unspecified atom stereocenters. The fourth-order valence-electron chi connectivity index (χ4n) is 1.70. The molecule has 114 valence electrons. The van der Waals surface area contributed by atoms with E-state index < -0.39 is 12.3 Å². The first-order valence-electron chi connectivity index (χ1n) is 6.14. The largest absolute Gasteiger partial charge is 0.168 e. The van der Waals surface area contributed by atoms with Crippen LogP contribution in [0.5, 0.6) is 0 Å². The number of hydrogen-bond acceptors (Lipinski definition) is 1. The van der Waals surface area contributed by atoms with Crippen LogP contribution in [-0.4, -0.2) is 25.5 Å². The molecule has 2 aromatic rings. The third-order valence-corrected chi connectivity index (χ3v) is 2.18. The molecule has 0 amide bonds. The summed E-state index contributed by atoms with van der Waals surface area (Å²) >= 11 is -1.77. The predicted molar refractivity (Wildman–Crippen MR) is 90.2 cm³/mol. The van der Waals surface area contributed by atoms with Crippen LogP contribution in [0.4, 0.5) is 0 Å². The Bertz CT molecular complexity index is 416. The third-order valence-electron chi connectivity index (χ3n) is 2.18. The van der Waals surface area contributed by atoms with Gasteiger partial charge in [-0.3, -0.25) is 0 Å². The quantitative estimate of drug-likeness (QED) is 0.603. The molecule has 0 aliphatic heterocycles. The van der Waals surface area contributed by atoms with Crippen LogP contribution < -0.4 is 0 Å². The van der Waals surface area contributed by atoms with E-state index in [0.29, 0.717) is 0 Å². The van der Waals surface area contributed by atoms with Crippen molar-refractivity contribution in [1.29, 1.82) is 0 Å². The number of fused-ring (bicyclic) bond motifs is 1. The van der Waals surface area contributed by atoms with Crippen LogP contribution in [0.1, 0.15) is 13.8 Å². The van der Waals surface area contributed by atoms with Gasteiger partial charge in [-0.25, -0.2) is 0 Å². The summed E-state index contributed by atoms with van der Waals surface area (Å²) in [6, 6.07) is 14.7. The number of benzene rings is 1. The molecule has 0 radical (unpaired) electrons. The molecule has 0 saturated heterocycles. The Kier molecular flexibility index (Phi) is 12.0. The van der Waals surface area contributed by atoms with Crippen molar-refractivity contribution in [2.75, 3.05) is 20.6 Å². The van der Waals surface area contributed by atoms with Crippen molar-refractivity contribution in [2.24, 2.45) is 0 Å². The molecule has 0 bridgehead atoms. The molecule has 0 aliphatic rings. The molecule has 0 saturated carbocycles. The van der Waals surface area contributed by atoms with Crippen molar-refractivity contribution in [3.05, 3.63) is 48.4 Å². The van der Waals surface area contributed by atoms with Gasteiger partial charge < -0.3 is 10.8 Å². The Balaban J connectivity index is 0.000000296. The molecule has 0 aromatic heterocycles. The van der Waals surface area contributed by atoms with Crippen LogP contribution in [0.2, 0.25) is 0 Å². The van der Waals surface area contributed by atoms with Crippen molar-refractivity contribution in [3.63, 3.8) is 0 Å². The summed E-state index contributed by atoms with van der Waals surface area (Å²) in [7, 11) is 19.0. The van der Waals surface area contributed by atoms with E-state index in [0.717, 1.165) is 6.54 Å². The van der Waals surface area contributed by atoms with E-state index in [4.69, 9.17) is 29.5 Å². The molecule has 0 N–H and O–H groups in total. The van der Waals surface area contributed by atoms with E-state index in [2.05, 4.69) is 75.3 Å². The average Bonchev–Trinajstić information content (AvgIpc) is 2.74. The Morgan fingerprint density at radius 2 is 1.65 bits per heavy atom. The van der Waals surface area contributed by atoms with Gasteiger partial charge in [0.25, 0.3) is 0 Å². The third kappa shape index (κ3) is 12.0. The summed E-state index contributed by atoms with van der Waals surface area (Å²) in [5.41, 5.74) is 0. The van der Waals surface area contributed by atoms with E-state index in [1.54, 1.807) is 0 Å². The van der Waals surface area contributed by atoms with Gasteiger partial charge in [0.15, 0.2) is 0 Å². The van der Waals surface area contributed by atoms with Gasteiger partial charge in [-0.05, 0) is 14.1 Å². The Morgan fingerprint density at radius 1 is 1.10 bits per heavy atom. The van der Waals surface area contributed by atoms with Crippen LogP contribution >= 0.6 is 29.5 Å². The summed E-state index contributed by atoms with van der Waals surface area (Å²) in [5.74, 6) is 1.46. The summed E-state index contributed by atoms with van der Waals surface area (Å²) in [6.07, 6.45) is 0. The molecule has 2 rings (SSSR count). The van der Waals surface area contributed by atoms with Gasteiger partial charge >= 0.3 is 41.8 Å². The van der Waals surface area contributed by atoms with Crippen molar-refractivity contribution >= 4 is 40.3 Å². The van der Waals surface area contributed by atoms with Gasteiger partial charge in [0.05, 0.1) is 0 Å². The molecule has 1 nitrogen and oxygen atoms in total. The molecule has 20 heavy (non-hydrogen) atoms. The minimum atomic E-state index is -1.77. The fourth-order valence-corrected chi connectivity index (χ4v) is 1.70. The van der Waals surface area contributed by atoms with E-state index in [1.807, 2.05) is 0 Å². The van der Waals surface area contributed by atoms with E-state index in [-0.39, 0.29) is 0 Å². The summed E-state index contributed by atoms with van der Waals surface area (Å²) in [4.78, 5) is 2.16. The first-order valence-corrected chi connectivity index (χ1v) is 11.9. The van der Waals surface area contributed by atoms with E-state index in [9.17, 15) is 0 Å². The summed E-state index contributed by atoms with van der Waals surface area (Å²) < 4.78 is 0. The van der Waals surface area contributed by atoms with Crippen LogP contribution in [0.3, 0.4) is 0 Å². The van der Waals surface area contributed by atoms with Crippen molar-refractivity contribution in [1.82, 2.24) is 4.90 Å². The van der Waals surface area contributed by atoms with Crippen molar-refractivity contribution in [2.45, 2.75) is 13.8 Å². The first-order chi connectivity index (χ1) is 9.32. The topological polar surface area (TPSA) is 3.24 Å². The molecular formula is C15H21Cl3NV-2. The average molecular weight is 373 g/mol. The van der Waals surface area contributed by atoms with Crippen LogP contribution in [0, 0.1) is 5.92 Å². The van der Waals surface area contributed by atoms with Gasteiger partial charge in [0.1, 0.15) is 0 Å². The summed E-state index contributed by atoms with van der Waals surface area (Å²) in [5, 5.41) is 2.66. The van der Waals surface area contributed by atoms with Crippen LogP contribution in [0.15, 0.2) is 42.5 Å². The number of halogens is 3. The van der Waals surface area contributed by atoms with Crippen LogP contribution in [-0.2, 0) is 12.3 Å². The second-order valence-electron chi connectivity index (χ2n) is 4.79. The van der Waals surface area contributed by atoms with Crippen molar-refractivity contribution in [3.8, 4) is 0 Å². The molecule has 0 atom stereocenters. The Hall–Kier alpha value is 0.244. The molecule has 0 heterocycles. The molecule has 0 fully saturated rings. The number of nitrogens with zero attached hydrogens (tertiary/aromatic N) is 1. The monoisotopic (exact) mass is 371 g/mol. The SMILES string of the molecule is C[C-](C)CN(C)C.[Cl][V]([Cl])[Cl].c1ccc2[cH-]ccc2c1. The normalized spacial score (nSPS) is 10.3. The summed E-state index contributed by atoms with van der Waals surface area (Å²) in [6.45, 7) is 5.39. The van der Waals surface area contributed by atoms with Gasteiger partial charge in [0, 0.05) is 0 Å². The van der Waals surface area contributed by atoms with Gasteiger partial charge in [-0.1, -0.05) is 6.07 Å². The predicted octanol–water partition coefficient (Wildman–Crippen LogP) is 5.79. The van der Waals surface area contributed by atoms with E-state index in [1.165, 1.54) is 16.7 Å². The minimum Gasteiger partial charge on any atom is -0.168 e. The smallest absolute Gasteiger partial charge is 0.0809 e. The fraction of sp³-hybridized carbons (Fsp3) is 0.333. The van der Waals surface area contributed by atoms with Crippen molar-refractivity contribution < 1.29 is 12.3 Å². The molecule has 0 spiro atoms. The maximum absolute atomic E-state index is 4.95. The standard InChI is InChI=1S/C9H7.C6H14N.3ClH.V/c1-2-5-9-7-3-6-8(9)4-1;1-6(2)5-7(3)4;;;;/h1-7H;5H2,1-4H3;3*1H;/q2*-1;;;;+3/p-3. The Morgan fingerprint density at radius 3 is 2.05 bits per heavy atom. The van der Waals surface area contributed by atoms with Gasteiger partial charge in [0.2, 0.25) is 0 Å².